The molecule has 18 heavy (non-hydrogen) atoms. The Labute approximate surface area is 117 Å². The topological polar surface area (TPSA) is 46.2 Å². The molecule has 1 aliphatic rings. The molecule has 1 aromatic rings. The van der Waals surface area contributed by atoms with E-state index in [0.29, 0.717) is 17.5 Å². The molecule has 0 aliphatic heterocycles. The summed E-state index contributed by atoms with van der Waals surface area (Å²) >= 11 is 3.30. The number of hydrogen-bond donors (Lipinski definition) is 1. The lowest BCUT2D eigenvalue weighted by atomic mass is 10.2. The molecule has 0 saturated heterocycles. The molecular formula is C13H18BrNO2S. The molecule has 0 amide bonds. The number of nitrogens with one attached hydrogen (secondary N) is 1. The van der Waals surface area contributed by atoms with Crippen molar-refractivity contribution in [3.8, 4) is 0 Å². The fourth-order valence-electron chi connectivity index (χ4n) is 1.94. The smallest absolute Gasteiger partial charge is 0.179 e. The van der Waals surface area contributed by atoms with E-state index in [0.717, 1.165) is 10.4 Å². The maximum absolute atomic E-state index is 12.1. The van der Waals surface area contributed by atoms with Crippen LogP contribution in [0.5, 0.6) is 0 Å². The van der Waals surface area contributed by atoms with Gasteiger partial charge >= 0.3 is 0 Å². The standard InChI is InChI=1S/C13H18BrNO2S/c1-10(11-2-3-11)15-8-9-18(16,17)13-6-4-12(14)5-7-13/h4-7,10-11,15H,2-3,8-9H2,1H3. The van der Waals surface area contributed by atoms with Crippen LogP contribution < -0.4 is 5.32 Å². The van der Waals surface area contributed by atoms with Crippen LogP contribution in [-0.4, -0.2) is 26.8 Å². The zero-order valence-electron chi connectivity index (χ0n) is 10.4. The SMILES string of the molecule is CC(NCCS(=O)(=O)c1ccc(Br)cc1)C1CC1. The van der Waals surface area contributed by atoms with Gasteiger partial charge in [-0.15, -0.1) is 0 Å². The average Bonchev–Trinajstić information content (AvgIpc) is 3.13. The van der Waals surface area contributed by atoms with E-state index in [1.54, 1.807) is 24.3 Å². The summed E-state index contributed by atoms with van der Waals surface area (Å²) in [6.07, 6.45) is 2.54. The third-order valence-electron chi connectivity index (χ3n) is 3.34. The van der Waals surface area contributed by atoms with Crippen LogP contribution in [-0.2, 0) is 9.84 Å². The summed E-state index contributed by atoms with van der Waals surface area (Å²) in [7, 11) is -3.16. The molecule has 1 saturated carbocycles. The zero-order valence-corrected chi connectivity index (χ0v) is 12.8. The third kappa shape index (κ3) is 3.80. The Bertz CT molecular complexity index is 494. The van der Waals surface area contributed by atoms with Crippen molar-refractivity contribution < 1.29 is 8.42 Å². The summed E-state index contributed by atoms with van der Waals surface area (Å²) in [6, 6.07) is 7.23. The molecule has 3 nitrogen and oxygen atoms in total. The predicted molar refractivity (Wildman–Crippen MR) is 76.4 cm³/mol. The molecule has 0 aromatic heterocycles. The Morgan fingerprint density at radius 1 is 1.33 bits per heavy atom. The van der Waals surface area contributed by atoms with Crippen molar-refractivity contribution in [3.63, 3.8) is 0 Å². The van der Waals surface area contributed by atoms with E-state index < -0.39 is 9.84 Å². The lowest BCUT2D eigenvalue weighted by Gasteiger charge is -2.12. The van der Waals surface area contributed by atoms with Crippen LogP contribution in [0.3, 0.4) is 0 Å². The Balaban J connectivity index is 1.88. The Morgan fingerprint density at radius 2 is 1.94 bits per heavy atom. The molecule has 100 valence electrons. The van der Waals surface area contributed by atoms with Gasteiger partial charge in [-0.25, -0.2) is 8.42 Å². The number of halogens is 1. The normalized spacial score (nSPS) is 17.7. The van der Waals surface area contributed by atoms with Gasteiger partial charge in [0.05, 0.1) is 10.6 Å². The second kappa shape index (κ2) is 5.72. The van der Waals surface area contributed by atoms with Crippen molar-refractivity contribution in [3.05, 3.63) is 28.7 Å². The van der Waals surface area contributed by atoms with Crippen LogP contribution in [0.1, 0.15) is 19.8 Å². The van der Waals surface area contributed by atoms with Crippen molar-refractivity contribution in [2.24, 2.45) is 5.92 Å². The van der Waals surface area contributed by atoms with Crippen molar-refractivity contribution in [1.29, 1.82) is 0 Å². The van der Waals surface area contributed by atoms with Crippen LogP contribution in [0.25, 0.3) is 0 Å². The summed E-state index contributed by atoms with van der Waals surface area (Å²) in [5.41, 5.74) is 0. The largest absolute Gasteiger partial charge is 0.313 e. The monoisotopic (exact) mass is 331 g/mol. The fraction of sp³-hybridized carbons (Fsp3) is 0.538. The first-order valence-electron chi connectivity index (χ1n) is 6.21. The molecule has 1 N–H and O–H groups in total. The maximum Gasteiger partial charge on any atom is 0.179 e. The first kappa shape index (κ1) is 14.0. The maximum atomic E-state index is 12.1. The number of sulfone groups is 1. The second-order valence-electron chi connectivity index (χ2n) is 4.85. The Kier molecular flexibility index (Phi) is 4.45. The number of rotatable bonds is 6. The first-order chi connectivity index (χ1) is 8.49. The molecule has 0 heterocycles. The van der Waals surface area contributed by atoms with Crippen LogP contribution >= 0.6 is 15.9 Å². The van der Waals surface area contributed by atoms with Crippen LogP contribution in [0.15, 0.2) is 33.6 Å². The molecule has 2 rings (SSSR count). The van der Waals surface area contributed by atoms with Gasteiger partial charge in [-0.05, 0) is 49.9 Å². The van der Waals surface area contributed by atoms with Crippen LogP contribution in [0.4, 0.5) is 0 Å². The van der Waals surface area contributed by atoms with E-state index in [-0.39, 0.29) is 5.75 Å². The van der Waals surface area contributed by atoms with Gasteiger partial charge in [0.15, 0.2) is 9.84 Å². The predicted octanol–water partition coefficient (Wildman–Crippen LogP) is 2.61. The van der Waals surface area contributed by atoms with E-state index in [1.807, 2.05) is 0 Å². The van der Waals surface area contributed by atoms with Crippen molar-refractivity contribution in [2.45, 2.75) is 30.7 Å². The average molecular weight is 332 g/mol. The Hall–Kier alpha value is -0.390. The summed E-state index contributed by atoms with van der Waals surface area (Å²) < 4.78 is 25.0. The second-order valence-corrected chi connectivity index (χ2v) is 7.88. The van der Waals surface area contributed by atoms with Crippen molar-refractivity contribution in [2.75, 3.05) is 12.3 Å². The van der Waals surface area contributed by atoms with Crippen molar-refractivity contribution in [1.82, 2.24) is 5.32 Å². The van der Waals surface area contributed by atoms with Gasteiger partial charge in [-0.2, -0.15) is 0 Å². The highest BCUT2D eigenvalue weighted by atomic mass is 79.9. The Morgan fingerprint density at radius 3 is 2.50 bits per heavy atom. The van der Waals surface area contributed by atoms with E-state index in [1.165, 1.54) is 12.8 Å². The highest BCUT2D eigenvalue weighted by molar-refractivity contribution is 9.10. The van der Waals surface area contributed by atoms with E-state index in [9.17, 15) is 8.42 Å². The van der Waals surface area contributed by atoms with Gasteiger partial charge in [0.25, 0.3) is 0 Å². The lowest BCUT2D eigenvalue weighted by Crippen LogP contribution is -2.32. The van der Waals surface area contributed by atoms with Gasteiger partial charge in [-0.3, -0.25) is 0 Å². The molecule has 0 bridgehead atoms. The minimum absolute atomic E-state index is 0.158. The summed E-state index contributed by atoms with van der Waals surface area (Å²) in [4.78, 5) is 0.395. The van der Waals surface area contributed by atoms with Gasteiger partial charge in [0, 0.05) is 17.1 Å². The van der Waals surface area contributed by atoms with Crippen LogP contribution in [0.2, 0.25) is 0 Å². The quantitative estimate of drug-likeness (QED) is 0.871. The van der Waals surface area contributed by atoms with E-state index in [4.69, 9.17) is 0 Å². The molecule has 0 spiro atoms. The van der Waals surface area contributed by atoms with Gasteiger partial charge in [-0.1, -0.05) is 15.9 Å². The fourth-order valence-corrected chi connectivity index (χ4v) is 3.38. The first-order valence-corrected chi connectivity index (χ1v) is 8.65. The van der Waals surface area contributed by atoms with E-state index >= 15 is 0 Å². The molecule has 5 heteroatoms. The summed E-state index contributed by atoms with van der Waals surface area (Å²) in [5.74, 6) is 0.909. The third-order valence-corrected chi connectivity index (χ3v) is 5.60. The van der Waals surface area contributed by atoms with Crippen molar-refractivity contribution >= 4 is 25.8 Å². The molecule has 1 aromatic carbocycles. The zero-order chi connectivity index (χ0) is 13.2. The molecular weight excluding hydrogens is 314 g/mol. The highest BCUT2D eigenvalue weighted by Crippen LogP contribution is 2.32. The van der Waals surface area contributed by atoms with E-state index in [2.05, 4.69) is 28.2 Å². The molecule has 0 radical (unpaired) electrons. The minimum atomic E-state index is -3.16. The molecule has 1 fully saturated rings. The van der Waals surface area contributed by atoms with Gasteiger partial charge < -0.3 is 5.32 Å². The molecule has 1 aliphatic carbocycles. The molecule has 1 unspecified atom stereocenters. The molecule has 1 atom stereocenters. The summed E-state index contributed by atoms with van der Waals surface area (Å²) in [5, 5.41) is 3.29. The lowest BCUT2D eigenvalue weighted by molar-refractivity contribution is 0.509. The summed E-state index contributed by atoms with van der Waals surface area (Å²) in [6.45, 7) is 2.65. The van der Waals surface area contributed by atoms with Gasteiger partial charge in [0.1, 0.15) is 0 Å². The number of hydrogen-bond acceptors (Lipinski definition) is 3. The van der Waals surface area contributed by atoms with Crippen LogP contribution in [0, 0.1) is 5.92 Å². The highest BCUT2D eigenvalue weighted by Gasteiger charge is 2.27. The van der Waals surface area contributed by atoms with Gasteiger partial charge in [0.2, 0.25) is 0 Å². The minimum Gasteiger partial charge on any atom is -0.313 e. The number of benzene rings is 1.